The standard InChI is InChI=1S/C9H12N2O/c1-8(12)11-7-4-9-2-5-10-6-3-9/h2-3,5-6H,4,7H2,1H3,(H,11,12). The largest absolute Gasteiger partial charge is 0.356 e. The van der Waals surface area contributed by atoms with Gasteiger partial charge in [0.2, 0.25) is 5.91 Å². The van der Waals surface area contributed by atoms with Crippen LogP contribution in [0.5, 0.6) is 0 Å². The molecule has 0 saturated heterocycles. The Morgan fingerprint density at radius 3 is 2.75 bits per heavy atom. The molecular weight excluding hydrogens is 152 g/mol. The van der Waals surface area contributed by atoms with Gasteiger partial charge in [0.15, 0.2) is 0 Å². The third-order valence-electron chi connectivity index (χ3n) is 1.54. The van der Waals surface area contributed by atoms with Gasteiger partial charge in [-0.2, -0.15) is 0 Å². The van der Waals surface area contributed by atoms with E-state index in [0.717, 1.165) is 6.42 Å². The molecule has 0 aliphatic rings. The summed E-state index contributed by atoms with van der Waals surface area (Å²) in [5, 5.41) is 2.73. The van der Waals surface area contributed by atoms with Crippen LogP contribution in [0.3, 0.4) is 0 Å². The molecular formula is C9H12N2O. The summed E-state index contributed by atoms with van der Waals surface area (Å²) in [5.74, 6) is 0.0176. The molecule has 1 N–H and O–H groups in total. The summed E-state index contributed by atoms with van der Waals surface area (Å²) in [7, 11) is 0. The molecule has 0 fully saturated rings. The lowest BCUT2D eigenvalue weighted by atomic mass is 10.2. The van der Waals surface area contributed by atoms with Crippen molar-refractivity contribution < 1.29 is 4.79 Å². The van der Waals surface area contributed by atoms with Crippen molar-refractivity contribution >= 4 is 5.91 Å². The van der Waals surface area contributed by atoms with Crippen LogP contribution >= 0.6 is 0 Å². The maximum absolute atomic E-state index is 10.5. The monoisotopic (exact) mass is 164 g/mol. The van der Waals surface area contributed by atoms with Crippen LogP contribution in [0.25, 0.3) is 0 Å². The van der Waals surface area contributed by atoms with Crippen LogP contribution in [0.1, 0.15) is 12.5 Å². The maximum atomic E-state index is 10.5. The average molecular weight is 164 g/mol. The fourth-order valence-corrected chi connectivity index (χ4v) is 0.932. The number of aromatic nitrogens is 1. The van der Waals surface area contributed by atoms with E-state index in [0.29, 0.717) is 6.54 Å². The van der Waals surface area contributed by atoms with Crippen LogP contribution in [0.15, 0.2) is 24.5 Å². The number of amides is 1. The summed E-state index contributed by atoms with van der Waals surface area (Å²) in [6.07, 6.45) is 4.37. The smallest absolute Gasteiger partial charge is 0.216 e. The quantitative estimate of drug-likeness (QED) is 0.716. The lowest BCUT2D eigenvalue weighted by Crippen LogP contribution is -2.22. The molecule has 0 aromatic carbocycles. The summed E-state index contributed by atoms with van der Waals surface area (Å²) in [6.45, 7) is 2.21. The second-order valence-electron chi connectivity index (χ2n) is 2.59. The van der Waals surface area contributed by atoms with Crippen molar-refractivity contribution in [2.24, 2.45) is 0 Å². The van der Waals surface area contributed by atoms with Gasteiger partial charge in [0.05, 0.1) is 0 Å². The Morgan fingerprint density at radius 1 is 1.50 bits per heavy atom. The van der Waals surface area contributed by atoms with Crippen molar-refractivity contribution in [3.05, 3.63) is 30.1 Å². The van der Waals surface area contributed by atoms with E-state index >= 15 is 0 Å². The Kier molecular flexibility index (Phi) is 3.26. The number of nitrogens with one attached hydrogen (secondary N) is 1. The van der Waals surface area contributed by atoms with E-state index in [1.165, 1.54) is 12.5 Å². The van der Waals surface area contributed by atoms with Gasteiger partial charge >= 0.3 is 0 Å². The highest BCUT2D eigenvalue weighted by molar-refractivity contribution is 5.72. The highest BCUT2D eigenvalue weighted by Gasteiger charge is 1.92. The van der Waals surface area contributed by atoms with Gasteiger partial charge in [0.1, 0.15) is 0 Å². The number of pyridine rings is 1. The minimum Gasteiger partial charge on any atom is -0.356 e. The van der Waals surface area contributed by atoms with Crippen molar-refractivity contribution in [3.8, 4) is 0 Å². The Balaban J connectivity index is 2.29. The van der Waals surface area contributed by atoms with Crippen molar-refractivity contribution in [2.45, 2.75) is 13.3 Å². The molecule has 0 aliphatic carbocycles. The van der Waals surface area contributed by atoms with Gasteiger partial charge < -0.3 is 5.32 Å². The van der Waals surface area contributed by atoms with E-state index in [1.54, 1.807) is 12.4 Å². The molecule has 3 nitrogen and oxygen atoms in total. The maximum Gasteiger partial charge on any atom is 0.216 e. The van der Waals surface area contributed by atoms with Crippen LogP contribution < -0.4 is 5.32 Å². The Hall–Kier alpha value is -1.38. The second kappa shape index (κ2) is 4.49. The third-order valence-corrected chi connectivity index (χ3v) is 1.54. The molecule has 1 aromatic rings. The van der Waals surface area contributed by atoms with Gasteiger partial charge in [-0.3, -0.25) is 9.78 Å². The minimum atomic E-state index is 0.0176. The lowest BCUT2D eigenvalue weighted by Gasteiger charge is -2.00. The molecule has 0 spiro atoms. The number of hydrogen-bond donors (Lipinski definition) is 1. The summed E-state index contributed by atoms with van der Waals surface area (Å²) in [4.78, 5) is 14.4. The van der Waals surface area contributed by atoms with E-state index in [-0.39, 0.29) is 5.91 Å². The minimum absolute atomic E-state index is 0.0176. The van der Waals surface area contributed by atoms with Crippen molar-refractivity contribution in [1.82, 2.24) is 10.3 Å². The molecule has 1 heterocycles. The van der Waals surface area contributed by atoms with Crippen molar-refractivity contribution in [1.29, 1.82) is 0 Å². The van der Waals surface area contributed by atoms with E-state index in [9.17, 15) is 4.79 Å². The van der Waals surface area contributed by atoms with E-state index in [1.807, 2.05) is 12.1 Å². The van der Waals surface area contributed by atoms with Crippen molar-refractivity contribution in [3.63, 3.8) is 0 Å². The predicted octanol–water partition coefficient (Wildman–Crippen LogP) is 0.760. The van der Waals surface area contributed by atoms with E-state index < -0.39 is 0 Å². The second-order valence-corrected chi connectivity index (χ2v) is 2.59. The number of hydrogen-bond acceptors (Lipinski definition) is 2. The SMILES string of the molecule is CC(=O)NCCc1ccncc1. The summed E-state index contributed by atoms with van der Waals surface area (Å²) >= 11 is 0. The van der Waals surface area contributed by atoms with Crippen LogP contribution in [0, 0.1) is 0 Å². The average Bonchev–Trinajstić information content (AvgIpc) is 2.05. The molecule has 3 heteroatoms. The first-order chi connectivity index (χ1) is 5.79. The zero-order chi connectivity index (χ0) is 8.81. The normalized spacial score (nSPS) is 9.42. The first-order valence-electron chi connectivity index (χ1n) is 3.92. The molecule has 64 valence electrons. The van der Waals surface area contributed by atoms with Gasteiger partial charge in [-0.25, -0.2) is 0 Å². The van der Waals surface area contributed by atoms with Crippen LogP contribution in [0.2, 0.25) is 0 Å². The number of carbonyl (C=O) groups excluding carboxylic acids is 1. The molecule has 0 unspecified atom stereocenters. The Labute approximate surface area is 71.8 Å². The van der Waals surface area contributed by atoms with Crippen LogP contribution in [-0.2, 0) is 11.2 Å². The zero-order valence-electron chi connectivity index (χ0n) is 7.08. The van der Waals surface area contributed by atoms with Crippen LogP contribution in [0.4, 0.5) is 0 Å². The molecule has 0 bridgehead atoms. The fraction of sp³-hybridized carbons (Fsp3) is 0.333. The summed E-state index contributed by atoms with van der Waals surface area (Å²) in [5.41, 5.74) is 1.19. The molecule has 12 heavy (non-hydrogen) atoms. The van der Waals surface area contributed by atoms with E-state index in [4.69, 9.17) is 0 Å². The Morgan fingerprint density at radius 2 is 2.17 bits per heavy atom. The molecule has 0 atom stereocenters. The predicted molar refractivity (Wildman–Crippen MR) is 46.6 cm³/mol. The molecule has 0 aliphatic heterocycles. The molecule has 0 saturated carbocycles. The number of rotatable bonds is 3. The highest BCUT2D eigenvalue weighted by Crippen LogP contribution is 1.95. The first-order valence-corrected chi connectivity index (χ1v) is 3.92. The highest BCUT2D eigenvalue weighted by atomic mass is 16.1. The molecule has 1 rings (SSSR count). The Bertz CT molecular complexity index is 246. The van der Waals surface area contributed by atoms with Crippen molar-refractivity contribution in [2.75, 3.05) is 6.54 Å². The lowest BCUT2D eigenvalue weighted by molar-refractivity contribution is -0.118. The molecule has 0 radical (unpaired) electrons. The topological polar surface area (TPSA) is 42.0 Å². The number of nitrogens with zero attached hydrogens (tertiary/aromatic N) is 1. The first kappa shape index (κ1) is 8.71. The summed E-state index contributed by atoms with van der Waals surface area (Å²) in [6, 6.07) is 3.89. The van der Waals surface area contributed by atoms with Gasteiger partial charge in [-0.05, 0) is 24.1 Å². The van der Waals surface area contributed by atoms with Gasteiger partial charge in [-0.1, -0.05) is 0 Å². The van der Waals surface area contributed by atoms with Gasteiger partial charge in [0, 0.05) is 25.9 Å². The van der Waals surface area contributed by atoms with Crippen LogP contribution in [-0.4, -0.2) is 17.4 Å². The molecule has 1 amide bonds. The summed E-state index contributed by atoms with van der Waals surface area (Å²) < 4.78 is 0. The third kappa shape index (κ3) is 3.14. The van der Waals surface area contributed by atoms with E-state index in [2.05, 4.69) is 10.3 Å². The van der Waals surface area contributed by atoms with Gasteiger partial charge in [0.25, 0.3) is 0 Å². The number of carbonyl (C=O) groups is 1. The molecule has 1 aromatic heterocycles. The van der Waals surface area contributed by atoms with Gasteiger partial charge in [-0.15, -0.1) is 0 Å². The zero-order valence-corrected chi connectivity index (χ0v) is 7.08. The fourth-order valence-electron chi connectivity index (χ4n) is 0.932.